The molecule has 1 aromatic carbocycles. The first-order chi connectivity index (χ1) is 15.4. The number of hydrogen-bond donors (Lipinski definition) is 4. The Bertz CT molecular complexity index is 1170. The fourth-order valence-electron chi connectivity index (χ4n) is 4.11. The van der Waals surface area contributed by atoms with Crippen LogP contribution in [-0.2, 0) is 4.79 Å². The third kappa shape index (κ3) is 3.66. The average Bonchev–Trinajstić information content (AvgIpc) is 3.50. The lowest BCUT2D eigenvalue weighted by atomic mass is 10.0. The van der Waals surface area contributed by atoms with Gasteiger partial charge in [0.15, 0.2) is 6.29 Å². The predicted octanol–water partition coefficient (Wildman–Crippen LogP) is 2.26. The average molecular weight is 452 g/mol. The first kappa shape index (κ1) is 20.7. The third-order valence-electron chi connectivity index (χ3n) is 5.94. The maximum atomic E-state index is 12.9. The van der Waals surface area contributed by atoms with Crippen LogP contribution < -0.4 is 26.4 Å². The van der Waals surface area contributed by atoms with Crippen LogP contribution in [-0.4, -0.2) is 34.3 Å². The second kappa shape index (κ2) is 8.05. The molecule has 0 bridgehead atoms. The normalized spacial score (nSPS) is 22.5. The zero-order valence-electron chi connectivity index (χ0n) is 18.0. The summed E-state index contributed by atoms with van der Waals surface area (Å²) in [5, 5.41) is 17.8. The van der Waals surface area contributed by atoms with E-state index < -0.39 is 6.29 Å². The minimum Gasteiger partial charge on any atom is -0.321 e. The van der Waals surface area contributed by atoms with Crippen LogP contribution in [0.25, 0.3) is 0 Å². The van der Waals surface area contributed by atoms with Gasteiger partial charge in [-0.1, -0.05) is 12.1 Å². The number of anilines is 2. The van der Waals surface area contributed by atoms with Gasteiger partial charge in [-0.25, -0.2) is 10.1 Å². The minimum absolute atomic E-state index is 0.0683. The predicted molar refractivity (Wildman–Crippen MR) is 123 cm³/mol. The summed E-state index contributed by atoms with van der Waals surface area (Å²) in [6.07, 6.45) is -0.869. The highest BCUT2D eigenvalue weighted by atomic mass is 32.1. The van der Waals surface area contributed by atoms with Crippen molar-refractivity contribution in [2.75, 3.05) is 16.9 Å². The van der Waals surface area contributed by atoms with E-state index in [0.29, 0.717) is 17.2 Å². The van der Waals surface area contributed by atoms with Gasteiger partial charge in [0.05, 0.1) is 22.2 Å². The van der Waals surface area contributed by atoms with E-state index in [2.05, 4.69) is 52.5 Å². The summed E-state index contributed by atoms with van der Waals surface area (Å²) in [5.41, 5.74) is 7.48. The van der Waals surface area contributed by atoms with Gasteiger partial charge in [0.1, 0.15) is 12.0 Å². The van der Waals surface area contributed by atoms with Gasteiger partial charge in [0.25, 0.3) is 5.91 Å². The topological polar surface area (TPSA) is 103 Å². The van der Waals surface area contributed by atoms with Crippen molar-refractivity contribution in [1.82, 2.24) is 25.8 Å². The van der Waals surface area contributed by atoms with Crippen LogP contribution in [0.5, 0.6) is 0 Å². The molecule has 2 aliphatic rings. The quantitative estimate of drug-likeness (QED) is 0.485. The number of aromatic nitrogens is 2. The zero-order valence-corrected chi connectivity index (χ0v) is 18.9. The fourth-order valence-corrected chi connectivity index (χ4v) is 4.73. The van der Waals surface area contributed by atoms with Gasteiger partial charge < -0.3 is 10.6 Å². The molecule has 0 saturated carbocycles. The molecular formula is C22H25N7O2S. The lowest BCUT2D eigenvalue weighted by Gasteiger charge is -2.37. The molecule has 0 aliphatic carbocycles. The highest BCUT2D eigenvalue weighted by Crippen LogP contribution is 2.29. The number of amides is 2. The number of carbonyl (C=O) groups excluding carboxylic acids is 2. The molecule has 9 nitrogen and oxygen atoms in total. The van der Waals surface area contributed by atoms with Crippen molar-refractivity contribution in [3.05, 3.63) is 63.5 Å². The van der Waals surface area contributed by atoms with Crippen LogP contribution >= 0.6 is 11.3 Å². The van der Waals surface area contributed by atoms with Gasteiger partial charge in [0.2, 0.25) is 5.91 Å². The summed E-state index contributed by atoms with van der Waals surface area (Å²) in [5.74, 6) is -0.0174. The van der Waals surface area contributed by atoms with Gasteiger partial charge >= 0.3 is 0 Å². The number of thiophene rings is 1. The number of nitrogens with one attached hydrogen (secondary N) is 4. The molecule has 2 amide bonds. The number of rotatable bonds is 4. The summed E-state index contributed by atoms with van der Waals surface area (Å²) in [6, 6.07) is 11.6. The van der Waals surface area contributed by atoms with Crippen LogP contribution in [0.3, 0.4) is 0 Å². The molecule has 4 N–H and O–H groups in total. The molecule has 5 rings (SSSR count). The Balaban J connectivity index is 1.41. The Kier molecular flexibility index (Phi) is 5.20. The van der Waals surface area contributed by atoms with Gasteiger partial charge in [-0.05, 0) is 55.5 Å². The van der Waals surface area contributed by atoms with Gasteiger partial charge in [-0.2, -0.15) is 5.10 Å². The summed E-state index contributed by atoms with van der Waals surface area (Å²) in [4.78, 5) is 26.1. The SMILES string of the molecule is Cc1cc(NC(=O)c2cccs2)n(C2NC(=O)C3CNN(c4ccc(C)c(C)c4)C3N2)n1. The lowest BCUT2D eigenvalue weighted by molar-refractivity contribution is -0.129. The molecule has 3 aromatic rings. The van der Waals surface area contributed by atoms with E-state index >= 15 is 0 Å². The molecule has 0 spiro atoms. The number of fused-ring (bicyclic) bond motifs is 1. The first-order valence-corrected chi connectivity index (χ1v) is 11.4. The molecule has 166 valence electrons. The Morgan fingerprint density at radius 2 is 2.03 bits per heavy atom. The molecule has 32 heavy (non-hydrogen) atoms. The second-order valence-corrected chi connectivity index (χ2v) is 9.12. The van der Waals surface area contributed by atoms with E-state index in [-0.39, 0.29) is 23.9 Å². The molecule has 3 atom stereocenters. The van der Waals surface area contributed by atoms with E-state index in [1.807, 2.05) is 29.4 Å². The Morgan fingerprint density at radius 1 is 1.19 bits per heavy atom. The number of hydrazine groups is 1. The number of benzene rings is 1. The minimum atomic E-state index is -0.606. The van der Waals surface area contributed by atoms with Crippen molar-refractivity contribution in [3.63, 3.8) is 0 Å². The highest BCUT2D eigenvalue weighted by Gasteiger charge is 2.45. The van der Waals surface area contributed by atoms with Crippen molar-refractivity contribution in [2.24, 2.45) is 5.92 Å². The number of carbonyl (C=O) groups is 2. The van der Waals surface area contributed by atoms with Crippen molar-refractivity contribution < 1.29 is 9.59 Å². The Hall–Kier alpha value is -3.21. The molecule has 2 fully saturated rings. The van der Waals surface area contributed by atoms with Crippen LogP contribution in [0.1, 0.15) is 32.8 Å². The van der Waals surface area contributed by atoms with Crippen LogP contribution in [0.4, 0.5) is 11.5 Å². The number of nitrogens with zero attached hydrogens (tertiary/aromatic N) is 3. The molecule has 10 heteroatoms. The molecule has 2 aliphatic heterocycles. The molecular weight excluding hydrogens is 426 g/mol. The molecule has 2 saturated heterocycles. The lowest BCUT2D eigenvalue weighted by Crippen LogP contribution is -2.61. The van der Waals surface area contributed by atoms with Gasteiger partial charge in [0, 0.05) is 12.6 Å². The second-order valence-electron chi connectivity index (χ2n) is 8.18. The number of hydrogen-bond acceptors (Lipinski definition) is 7. The van der Waals surface area contributed by atoms with Gasteiger partial charge in [-0.15, -0.1) is 11.3 Å². The van der Waals surface area contributed by atoms with E-state index in [1.54, 1.807) is 16.8 Å². The monoisotopic (exact) mass is 451 g/mol. The maximum Gasteiger partial charge on any atom is 0.266 e. The summed E-state index contributed by atoms with van der Waals surface area (Å²) in [7, 11) is 0. The molecule has 0 radical (unpaired) electrons. The third-order valence-corrected chi connectivity index (χ3v) is 6.81. The summed E-state index contributed by atoms with van der Waals surface area (Å²) in [6.45, 7) is 6.53. The van der Waals surface area contributed by atoms with E-state index in [4.69, 9.17) is 0 Å². The molecule has 4 heterocycles. The Morgan fingerprint density at radius 3 is 2.78 bits per heavy atom. The zero-order chi connectivity index (χ0) is 22.4. The van der Waals surface area contributed by atoms with Crippen molar-refractivity contribution in [2.45, 2.75) is 33.2 Å². The summed E-state index contributed by atoms with van der Waals surface area (Å²) < 4.78 is 1.62. The molecule has 2 aromatic heterocycles. The van der Waals surface area contributed by atoms with Crippen LogP contribution in [0, 0.1) is 26.7 Å². The fraction of sp³-hybridized carbons (Fsp3) is 0.318. The maximum absolute atomic E-state index is 12.9. The van der Waals surface area contributed by atoms with Crippen molar-refractivity contribution >= 4 is 34.7 Å². The van der Waals surface area contributed by atoms with Gasteiger partial charge in [-0.3, -0.25) is 19.9 Å². The standard InChI is InChI=1S/C22H25N7O2S/c1-12-6-7-15(9-13(12)2)28-19-16(11-23-28)20(30)26-22(25-19)29-18(10-14(3)27-29)24-21(31)17-5-4-8-32-17/h4-10,16,19,22-23,25H,11H2,1-3H3,(H,24,31)(H,26,30). The van der Waals surface area contributed by atoms with Crippen LogP contribution in [0.15, 0.2) is 41.8 Å². The van der Waals surface area contributed by atoms with Crippen molar-refractivity contribution in [1.29, 1.82) is 0 Å². The number of aryl methyl sites for hydroxylation is 3. The highest BCUT2D eigenvalue weighted by molar-refractivity contribution is 7.12. The van der Waals surface area contributed by atoms with E-state index in [1.165, 1.54) is 22.5 Å². The Labute approximate surface area is 189 Å². The van der Waals surface area contributed by atoms with Crippen molar-refractivity contribution in [3.8, 4) is 0 Å². The first-order valence-electron chi connectivity index (χ1n) is 10.5. The molecule has 3 unspecified atom stereocenters. The van der Waals surface area contributed by atoms with Crippen LogP contribution in [0.2, 0.25) is 0 Å². The van der Waals surface area contributed by atoms with E-state index in [9.17, 15) is 9.59 Å². The largest absolute Gasteiger partial charge is 0.321 e. The summed E-state index contributed by atoms with van der Waals surface area (Å²) >= 11 is 1.37. The smallest absolute Gasteiger partial charge is 0.266 e. The van der Waals surface area contributed by atoms with E-state index in [0.717, 1.165) is 11.4 Å².